The van der Waals surface area contributed by atoms with E-state index in [9.17, 15) is 4.79 Å². The van der Waals surface area contributed by atoms with E-state index in [4.69, 9.17) is 0 Å². The van der Waals surface area contributed by atoms with Gasteiger partial charge in [0.2, 0.25) is 5.91 Å². The van der Waals surface area contributed by atoms with E-state index in [0.29, 0.717) is 12.1 Å². The van der Waals surface area contributed by atoms with Crippen molar-refractivity contribution < 1.29 is 4.79 Å². The SMILES string of the molecule is CC(NC1CCc2cc(Br)ccc21)C(=O)NC1CC1. The average Bonchev–Trinajstić information content (AvgIpc) is 3.11. The highest BCUT2D eigenvalue weighted by atomic mass is 79.9. The molecule has 0 aliphatic heterocycles. The predicted molar refractivity (Wildman–Crippen MR) is 79.0 cm³/mol. The number of benzene rings is 1. The first kappa shape index (κ1) is 13.1. The number of carbonyl (C=O) groups excluding carboxylic acids is 1. The Hall–Kier alpha value is -0.870. The van der Waals surface area contributed by atoms with Gasteiger partial charge in [0.1, 0.15) is 0 Å². The van der Waals surface area contributed by atoms with Gasteiger partial charge in [0, 0.05) is 16.6 Å². The number of aryl methyl sites for hydroxylation is 1. The Balaban J connectivity index is 1.63. The van der Waals surface area contributed by atoms with E-state index in [1.165, 1.54) is 11.1 Å². The Morgan fingerprint density at radius 2 is 2.16 bits per heavy atom. The van der Waals surface area contributed by atoms with E-state index < -0.39 is 0 Å². The van der Waals surface area contributed by atoms with Crippen LogP contribution in [0.4, 0.5) is 0 Å². The minimum Gasteiger partial charge on any atom is -0.352 e. The maximum atomic E-state index is 12.0. The molecule has 0 spiro atoms. The molecule has 1 fully saturated rings. The highest BCUT2D eigenvalue weighted by Gasteiger charge is 2.29. The second-order valence-electron chi connectivity index (χ2n) is 5.61. The Morgan fingerprint density at radius 1 is 1.37 bits per heavy atom. The molecular formula is C15H19BrN2O. The summed E-state index contributed by atoms with van der Waals surface area (Å²) in [6.07, 6.45) is 4.44. The molecular weight excluding hydrogens is 304 g/mol. The van der Waals surface area contributed by atoms with Crippen molar-refractivity contribution >= 4 is 21.8 Å². The summed E-state index contributed by atoms with van der Waals surface area (Å²) in [5.74, 6) is 0.132. The minimum atomic E-state index is -0.125. The normalized spacial score (nSPS) is 22.9. The third-order valence-electron chi connectivity index (χ3n) is 3.95. The molecule has 2 N–H and O–H groups in total. The topological polar surface area (TPSA) is 41.1 Å². The lowest BCUT2D eigenvalue weighted by Crippen LogP contribution is -2.44. The summed E-state index contributed by atoms with van der Waals surface area (Å²) in [7, 11) is 0. The molecule has 0 aromatic heterocycles. The van der Waals surface area contributed by atoms with Gasteiger partial charge in [-0.3, -0.25) is 10.1 Å². The van der Waals surface area contributed by atoms with Gasteiger partial charge < -0.3 is 5.32 Å². The van der Waals surface area contributed by atoms with Crippen molar-refractivity contribution in [2.45, 2.75) is 50.7 Å². The van der Waals surface area contributed by atoms with E-state index >= 15 is 0 Å². The van der Waals surface area contributed by atoms with Crippen LogP contribution >= 0.6 is 15.9 Å². The minimum absolute atomic E-state index is 0.125. The van der Waals surface area contributed by atoms with Gasteiger partial charge in [-0.1, -0.05) is 22.0 Å². The van der Waals surface area contributed by atoms with E-state index in [-0.39, 0.29) is 11.9 Å². The van der Waals surface area contributed by atoms with Gasteiger partial charge in [-0.2, -0.15) is 0 Å². The number of hydrogen-bond acceptors (Lipinski definition) is 2. The molecule has 3 nitrogen and oxygen atoms in total. The number of hydrogen-bond donors (Lipinski definition) is 2. The summed E-state index contributed by atoms with van der Waals surface area (Å²) < 4.78 is 1.13. The van der Waals surface area contributed by atoms with E-state index in [1.54, 1.807) is 0 Å². The molecule has 1 amide bonds. The van der Waals surface area contributed by atoms with Gasteiger partial charge in [0.15, 0.2) is 0 Å². The van der Waals surface area contributed by atoms with Crippen molar-refractivity contribution in [1.29, 1.82) is 0 Å². The Labute approximate surface area is 122 Å². The fraction of sp³-hybridized carbons (Fsp3) is 0.533. The molecule has 2 aliphatic rings. The molecule has 3 rings (SSSR count). The predicted octanol–water partition coefficient (Wildman–Crippen LogP) is 2.69. The smallest absolute Gasteiger partial charge is 0.237 e. The molecule has 2 atom stereocenters. The average molecular weight is 323 g/mol. The third-order valence-corrected chi connectivity index (χ3v) is 4.44. The maximum absolute atomic E-state index is 12.0. The van der Waals surface area contributed by atoms with Crippen LogP contribution in [-0.4, -0.2) is 18.0 Å². The van der Waals surface area contributed by atoms with Crippen molar-refractivity contribution in [2.75, 3.05) is 0 Å². The summed E-state index contributed by atoms with van der Waals surface area (Å²) in [6.45, 7) is 1.95. The lowest BCUT2D eigenvalue weighted by Gasteiger charge is -2.20. The van der Waals surface area contributed by atoms with E-state index in [0.717, 1.165) is 30.2 Å². The summed E-state index contributed by atoms with van der Waals surface area (Å²) in [5, 5.41) is 6.51. The van der Waals surface area contributed by atoms with Crippen LogP contribution in [-0.2, 0) is 11.2 Å². The summed E-state index contributed by atoms with van der Waals surface area (Å²) in [6, 6.07) is 7.04. The van der Waals surface area contributed by atoms with Crippen LogP contribution in [0, 0.1) is 0 Å². The third kappa shape index (κ3) is 3.00. The molecule has 1 aromatic rings. The van der Waals surface area contributed by atoms with Crippen LogP contribution in [0.2, 0.25) is 0 Å². The first-order valence-corrected chi connectivity index (χ1v) is 7.77. The summed E-state index contributed by atoms with van der Waals surface area (Å²) >= 11 is 3.51. The molecule has 0 bridgehead atoms. The number of carbonyl (C=O) groups is 1. The van der Waals surface area contributed by atoms with Crippen LogP contribution in [0.1, 0.15) is 43.4 Å². The molecule has 102 valence electrons. The number of fused-ring (bicyclic) bond motifs is 1. The van der Waals surface area contributed by atoms with Gasteiger partial charge in [0.05, 0.1) is 6.04 Å². The van der Waals surface area contributed by atoms with Crippen molar-refractivity contribution in [1.82, 2.24) is 10.6 Å². The van der Waals surface area contributed by atoms with Gasteiger partial charge in [0.25, 0.3) is 0 Å². The molecule has 0 heterocycles. The number of amides is 1. The van der Waals surface area contributed by atoms with Crippen molar-refractivity contribution in [3.63, 3.8) is 0 Å². The summed E-state index contributed by atoms with van der Waals surface area (Å²) in [5.41, 5.74) is 2.73. The number of rotatable bonds is 4. The zero-order valence-corrected chi connectivity index (χ0v) is 12.7. The van der Waals surface area contributed by atoms with Gasteiger partial charge >= 0.3 is 0 Å². The van der Waals surface area contributed by atoms with Crippen molar-refractivity contribution in [3.05, 3.63) is 33.8 Å². The largest absolute Gasteiger partial charge is 0.352 e. The van der Waals surface area contributed by atoms with Crippen LogP contribution in [0.3, 0.4) is 0 Å². The Kier molecular flexibility index (Phi) is 3.63. The maximum Gasteiger partial charge on any atom is 0.237 e. The van der Waals surface area contributed by atoms with Crippen LogP contribution in [0.15, 0.2) is 22.7 Å². The molecule has 1 saturated carbocycles. The summed E-state index contributed by atoms with van der Waals surface area (Å²) in [4.78, 5) is 12.0. The molecule has 2 unspecified atom stereocenters. The first-order valence-electron chi connectivity index (χ1n) is 6.98. The molecule has 2 aliphatic carbocycles. The van der Waals surface area contributed by atoms with E-state index in [1.807, 2.05) is 6.92 Å². The Morgan fingerprint density at radius 3 is 2.89 bits per heavy atom. The fourth-order valence-corrected chi connectivity index (χ4v) is 3.10. The Bertz CT molecular complexity index is 499. The second kappa shape index (κ2) is 5.25. The highest BCUT2D eigenvalue weighted by molar-refractivity contribution is 9.10. The van der Waals surface area contributed by atoms with Crippen molar-refractivity contribution in [3.8, 4) is 0 Å². The number of halogens is 1. The van der Waals surface area contributed by atoms with Gasteiger partial charge in [-0.15, -0.1) is 0 Å². The van der Waals surface area contributed by atoms with E-state index in [2.05, 4.69) is 44.8 Å². The first-order chi connectivity index (χ1) is 9.13. The number of nitrogens with one attached hydrogen (secondary N) is 2. The fourth-order valence-electron chi connectivity index (χ4n) is 2.69. The molecule has 1 aromatic carbocycles. The standard InChI is InChI=1S/C15H19BrN2O/c1-9(15(19)18-12-4-5-12)17-14-7-2-10-8-11(16)3-6-13(10)14/h3,6,8-9,12,14,17H,2,4-5,7H2,1H3,(H,18,19). The van der Waals surface area contributed by atoms with Gasteiger partial charge in [-0.25, -0.2) is 0 Å². The van der Waals surface area contributed by atoms with Crippen molar-refractivity contribution in [2.24, 2.45) is 0 Å². The quantitative estimate of drug-likeness (QED) is 0.894. The monoisotopic (exact) mass is 322 g/mol. The molecule has 0 radical (unpaired) electrons. The van der Waals surface area contributed by atoms with Crippen LogP contribution < -0.4 is 10.6 Å². The molecule has 0 saturated heterocycles. The highest BCUT2D eigenvalue weighted by Crippen LogP contribution is 2.33. The van der Waals surface area contributed by atoms with Gasteiger partial charge in [-0.05, 0) is 55.9 Å². The zero-order chi connectivity index (χ0) is 13.4. The van der Waals surface area contributed by atoms with Crippen LogP contribution in [0.5, 0.6) is 0 Å². The van der Waals surface area contributed by atoms with Crippen LogP contribution in [0.25, 0.3) is 0 Å². The zero-order valence-electron chi connectivity index (χ0n) is 11.1. The second-order valence-corrected chi connectivity index (χ2v) is 6.52. The molecule has 19 heavy (non-hydrogen) atoms. The lowest BCUT2D eigenvalue weighted by atomic mass is 10.1. The molecule has 4 heteroatoms. The lowest BCUT2D eigenvalue weighted by molar-refractivity contribution is -0.123.